The molecule has 3 heteroatoms. The van der Waals surface area contributed by atoms with E-state index in [0.29, 0.717) is 12.6 Å². The van der Waals surface area contributed by atoms with Crippen molar-refractivity contribution < 1.29 is 9.53 Å². The molecule has 1 atom stereocenters. The summed E-state index contributed by atoms with van der Waals surface area (Å²) in [7, 11) is 0. The second-order valence-electron chi connectivity index (χ2n) is 5.33. The van der Waals surface area contributed by atoms with Gasteiger partial charge in [-0.25, -0.2) is 0 Å². The fourth-order valence-electron chi connectivity index (χ4n) is 3.38. The maximum atomic E-state index is 12.1. The second kappa shape index (κ2) is 6.39. The van der Waals surface area contributed by atoms with E-state index in [4.69, 9.17) is 4.74 Å². The van der Waals surface area contributed by atoms with Crippen molar-refractivity contribution in [1.82, 2.24) is 4.90 Å². The van der Waals surface area contributed by atoms with E-state index >= 15 is 0 Å². The predicted octanol–water partition coefficient (Wildman–Crippen LogP) is 2.59. The fourth-order valence-corrected chi connectivity index (χ4v) is 3.38. The fraction of sp³-hybridized carbons (Fsp3) is 0.929. The van der Waals surface area contributed by atoms with Crippen molar-refractivity contribution in [3.63, 3.8) is 0 Å². The Kier molecular flexibility index (Phi) is 4.84. The zero-order valence-corrected chi connectivity index (χ0v) is 11.0. The molecule has 0 aromatic heterocycles. The van der Waals surface area contributed by atoms with E-state index in [0.717, 1.165) is 12.5 Å². The van der Waals surface area contributed by atoms with Crippen molar-refractivity contribution in [2.24, 2.45) is 5.92 Å². The Labute approximate surface area is 105 Å². The van der Waals surface area contributed by atoms with Crippen molar-refractivity contribution >= 4 is 5.91 Å². The first-order valence-electron chi connectivity index (χ1n) is 7.20. The van der Waals surface area contributed by atoms with Crippen molar-refractivity contribution in [2.45, 2.75) is 57.9 Å². The standard InChI is InChI=1S/C14H25NO2/c1-2-17-11-14(16)15-10-6-9-13(15)12-7-4-3-5-8-12/h12-13H,2-11H2,1H3. The van der Waals surface area contributed by atoms with Gasteiger partial charge in [-0.3, -0.25) is 4.79 Å². The van der Waals surface area contributed by atoms with Gasteiger partial charge in [0.15, 0.2) is 0 Å². The van der Waals surface area contributed by atoms with Crippen LogP contribution in [-0.4, -0.2) is 36.6 Å². The number of likely N-dealkylation sites (tertiary alicyclic amines) is 1. The Bertz CT molecular complexity index is 249. The average molecular weight is 239 g/mol. The quantitative estimate of drug-likeness (QED) is 0.754. The summed E-state index contributed by atoms with van der Waals surface area (Å²) in [5.41, 5.74) is 0. The van der Waals surface area contributed by atoms with E-state index in [9.17, 15) is 4.79 Å². The van der Waals surface area contributed by atoms with Gasteiger partial charge in [0.1, 0.15) is 6.61 Å². The van der Waals surface area contributed by atoms with E-state index in [1.165, 1.54) is 44.9 Å². The molecule has 0 aromatic carbocycles. The van der Waals surface area contributed by atoms with Crippen molar-refractivity contribution in [3.05, 3.63) is 0 Å². The van der Waals surface area contributed by atoms with Gasteiger partial charge in [0.25, 0.3) is 0 Å². The van der Waals surface area contributed by atoms with Gasteiger partial charge in [-0.1, -0.05) is 19.3 Å². The number of rotatable bonds is 4. The number of hydrogen-bond acceptors (Lipinski definition) is 2. The molecule has 1 aliphatic heterocycles. The van der Waals surface area contributed by atoms with Gasteiger partial charge in [-0.15, -0.1) is 0 Å². The second-order valence-corrected chi connectivity index (χ2v) is 5.33. The maximum Gasteiger partial charge on any atom is 0.248 e. The summed E-state index contributed by atoms with van der Waals surface area (Å²) >= 11 is 0. The minimum absolute atomic E-state index is 0.208. The van der Waals surface area contributed by atoms with Gasteiger partial charge in [-0.05, 0) is 38.5 Å². The monoisotopic (exact) mass is 239 g/mol. The van der Waals surface area contributed by atoms with Crippen LogP contribution in [0.15, 0.2) is 0 Å². The van der Waals surface area contributed by atoms with Crippen LogP contribution in [0.4, 0.5) is 0 Å². The number of carbonyl (C=O) groups excluding carboxylic acids is 1. The molecule has 0 radical (unpaired) electrons. The van der Waals surface area contributed by atoms with Gasteiger partial charge in [0, 0.05) is 19.2 Å². The highest BCUT2D eigenvalue weighted by molar-refractivity contribution is 5.78. The molecule has 17 heavy (non-hydrogen) atoms. The molecule has 0 N–H and O–H groups in total. The van der Waals surface area contributed by atoms with Crippen molar-refractivity contribution in [2.75, 3.05) is 19.8 Å². The van der Waals surface area contributed by atoms with Crippen LogP contribution in [0.3, 0.4) is 0 Å². The van der Waals surface area contributed by atoms with Crippen LogP contribution in [0, 0.1) is 5.92 Å². The molecule has 0 spiro atoms. The third kappa shape index (κ3) is 3.21. The smallest absolute Gasteiger partial charge is 0.248 e. The SMILES string of the molecule is CCOCC(=O)N1CCCC1C1CCCCC1. The van der Waals surface area contributed by atoms with Crippen LogP contribution in [-0.2, 0) is 9.53 Å². The molecule has 1 saturated heterocycles. The number of ether oxygens (including phenoxy) is 1. The minimum atomic E-state index is 0.208. The minimum Gasteiger partial charge on any atom is -0.372 e. The van der Waals surface area contributed by atoms with E-state index in [1.54, 1.807) is 0 Å². The molecule has 1 unspecified atom stereocenters. The number of carbonyl (C=O) groups is 1. The molecule has 1 amide bonds. The van der Waals surface area contributed by atoms with Crippen LogP contribution >= 0.6 is 0 Å². The topological polar surface area (TPSA) is 29.5 Å². The van der Waals surface area contributed by atoms with Gasteiger partial charge in [0.05, 0.1) is 0 Å². The van der Waals surface area contributed by atoms with Crippen LogP contribution in [0.2, 0.25) is 0 Å². The van der Waals surface area contributed by atoms with Crippen LogP contribution in [0.25, 0.3) is 0 Å². The average Bonchev–Trinajstić information content (AvgIpc) is 2.86. The lowest BCUT2D eigenvalue weighted by atomic mass is 9.83. The first-order chi connectivity index (χ1) is 8.33. The Morgan fingerprint density at radius 2 is 1.94 bits per heavy atom. The summed E-state index contributed by atoms with van der Waals surface area (Å²) in [5, 5.41) is 0. The molecule has 1 heterocycles. The molecule has 0 aromatic rings. The Balaban J connectivity index is 1.89. The van der Waals surface area contributed by atoms with Crippen molar-refractivity contribution in [1.29, 1.82) is 0 Å². The van der Waals surface area contributed by atoms with Gasteiger partial charge in [0.2, 0.25) is 5.91 Å². The molecule has 1 aliphatic carbocycles. The Hall–Kier alpha value is -0.570. The van der Waals surface area contributed by atoms with E-state index in [1.807, 2.05) is 6.92 Å². The Morgan fingerprint density at radius 3 is 2.65 bits per heavy atom. The van der Waals surface area contributed by atoms with Gasteiger partial charge >= 0.3 is 0 Å². The summed E-state index contributed by atoms with van der Waals surface area (Å²) in [4.78, 5) is 14.2. The van der Waals surface area contributed by atoms with Gasteiger partial charge < -0.3 is 9.64 Å². The van der Waals surface area contributed by atoms with Crippen LogP contribution in [0.1, 0.15) is 51.9 Å². The lowest BCUT2D eigenvalue weighted by Gasteiger charge is -2.34. The van der Waals surface area contributed by atoms with Crippen molar-refractivity contribution in [3.8, 4) is 0 Å². The zero-order valence-electron chi connectivity index (χ0n) is 11.0. The highest BCUT2D eigenvalue weighted by Crippen LogP contribution is 2.34. The number of nitrogens with zero attached hydrogens (tertiary/aromatic N) is 1. The summed E-state index contributed by atoms with van der Waals surface area (Å²) < 4.78 is 5.25. The molecule has 98 valence electrons. The summed E-state index contributed by atoms with van der Waals surface area (Å²) in [6.07, 6.45) is 9.13. The zero-order chi connectivity index (χ0) is 12.1. The molecule has 2 rings (SSSR count). The van der Waals surface area contributed by atoms with E-state index < -0.39 is 0 Å². The molecule has 2 aliphatic rings. The molecular formula is C14H25NO2. The Morgan fingerprint density at radius 1 is 1.18 bits per heavy atom. The van der Waals surface area contributed by atoms with Crippen LogP contribution < -0.4 is 0 Å². The molecule has 0 bridgehead atoms. The van der Waals surface area contributed by atoms with Crippen LogP contribution in [0.5, 0.6) is 0 Å². The first-order valence-corrected chi connectivity index (χ1v) is 7.20. The third-order valence-corrected chi connectivity index (χ3v) is 4.24. The number of hydrogen-bond donors (Lipinski definition) is 0. The predicted molar refractivity (Wildman–Crippen MR) is 67.8 cm³/mol. The molecular weight excluding hydrogens is 214 g/mol. The summed E-state index contributed by atoms with van der Waals surface area (Å²) in [5.74, 6) is 0.969. The van der Waals surface area contributed by atoms with E-state index in [2.05, 4.69) is 4.90 Å². The van der Waals surface area contributed by atoms with Gasteiger partial charge in [-0.2, -0.15) is 0 Å². The van der Waals surface area contributed by atoms with E-state index in [-0.39, 0.29) is 12.5 Å². The largest absolute Gasteiger partial charge is 0.372 e. The molecule has 2 fully saturated rings. The maximum absolute atomic E-state index is 12.1. The highest BCUT2D eigenvalue weighted by atomic mass is 16.5. The first kappa shape index (κ1) is 12.9. The lowest BCUT2D eigenvalue weighted by Crippen LogP contribution is -2.42. The third-order valence-electron chi connectivity index (χ3n) is 4.24. The summed E-state index contributed by atoms with van der Waals surface area (Å²) in [6, 6.07) is 0.517. The normalized spacial score (nSPS) is 26.4. The number of amides is 1. The highest BCUT2D eigenvalue weighted by Gasteiger charge is 2.34. The molecule has 1 saturated carbocycles. The lowest BCUT2D eigenvalue weighted by molar-refractivity contribution is -0.138. The molecule has 3 nitrogen and oxygen atoms in total. The summed E-state index contributed by atoms with van der Waals surface area (Å²) in [6.45, 7) is 3.80.